The third-order valence-corrected chi connectivity index (χ3v) is 4.89. The zero-order valence-electron chi connectivity index (χ0n) is 17.3. The maximum absolute atomic E-state index is 12.7. The molecule has 2 aromatic rings. The zero-order chi connectivity index (χ0) is 20.3. The average Bonchev–Trinajstić information content (AvgIpc) is 2.89. The van der Waals surface area contributed by atoms with Gasteiger partial charge in [-0.15, -0.1) is 0 Å². The Hall–Kier alpha value is -2.75. The van der Waals surface area contributed by atoms with Gasteiger partial charge < -0.3 is 13.9 Å². The van der Waals surface area contributed by atoms with Gasteiger partial charge in [0.1, 0.15) is 17.1 Å². The van der Waals surface area contributed by atoms with Crippen molar-refractivity contribution in [3.8, 4) is 5.75 Å². The molecule has 0 aliphatic heterocycles. The molecule has 0 unspecified atom stereocenters. The van der Waals surface area contributed by atoms with Gasteiger partial charge in [0.2, 0.25) is 0 Å². The second-order valence-corrected chi connectivity index (χ2v) is 7.34. The lowest BCUT2D eigenvalue weighted by atomic mass is 9.92. The van der Waals surface area contributed by atoms with Crippen molar-refractivity contribution in [2.45, 2.75) is 53.9 Å². The van der Waals surface area contributed by atoms with E-state index in [2.05, 4.69) is 6.08 Å². The predicted molar refractivity (Wildman–Crippen MR) is 114 cm³/mol. The van der Waals surface area contributed by atoms with E-state index in [4.69, 9.17) is 13.9 Å². The lowest BCUT2D eigenvalue weighted by Gasteiger charge is -2.17. The van der Waals surface area contributed by atoms with E-state index in [9.17, 15) is 4.79 Å². The van der Waals surface area contributed by atoms with Crippen LogP contribution in [0.2, 0.25) is 0 Å². The van der Waals surface area contributed by atoms with Crippen LogP contribution in [0.15, 0.2) is 51.1 Å². The lowest BCUT2D eigenvalue weighted by molar-refractivity contribution is 0.244. The quantitative estimate of drug-likeness (QED) is 0.458. The SMILES string of the molecule is CCOC1=C(c2c(C)c(=O)oc3c(C)c(OC=C(C)C)ccc23)CCCC=C1. The summed E-state index contributed by atoms with van der Waals surface area (Å²) in [4.78, 5) is 12.7. The highest BCUT2D eigenvalue weighted by molar-refractivity contribution is 5.95. The maximum atomic E-state index is 12.7. The molecule has 4 heteroatoms. The van der Waals surface area contributed by atoms with Gasteiger partial charge in [-0.3, -0.25) is 0 Å². The molecule has 0 radical (unpaired) electrons. The van der Waals surface area contributed by atoms with Crippen molar-refractivity contribution in [1.82, 2.24) is 0 Å². The standard InChI is InChI=1S/C24H28O4/c1-6-26-21-11-9-7-8-10-18(21)22-17(5)24(25)28-23-16(4)20(13-12-19(22)23)27-14-15(2)3/h9,11-14H,6-8,10H2,1-5H3. The van der Waals surface area contributed by atoms with Crippen LogP contribution in [0.4, 0.5) is 0 Å². The van der Waals surface area contributed by atoms with Crippen LogP contribution in [-0.2, 0) is 4.74 Å². The monoisotopic (exact) mass is 380 g/mol. The van der Waals surface area contributed by atoms with Crippen molar-refractivity contribution in [2.24, 2.45) is 0 Å². The number of fused-ring (bicyclic) bond motifs is 1. The maximum Gasteiger partial charge on any atom is 0.339 e. The molecule has 1 aliphatic rings. The van der Waals surface area contributed by atoms with Crippen molar-refractivity contribution in [3.63, 3.8) is 0 Å². The van der Waals surface area contributed by atoms with Crippen LogP contribution in [0, 0.1) is 13.8 Å². The molecule has 0 bridgehead atoms. The van der Waals surface area contributed by atoms with E-state index in [1.54, 1.807) is 6.26 Å². The van der Waals surface area contributed by atoms with Gasteiger partial charge in [-0.2, -0.15) is 0 Å². The van der Waals surface area contributed by atoms with E-state index in [1.165, 1.54) is 0 Å². The summed E-state index contributed by atoms with van der Waals surface area (Å²) in [5.74, 6) is 1.53. The van der Waals surface area contributed by atoms with Crippen LogP contribution in [-0.4, -0.2) is 6.61 Å². The number of benzene rings is 1. The minimum absolute atomic E-state index is 0.318. The van der Waals surface area contributed by atoms with Gasteiger partial charge in [0.15, 0.2) is 0 Å². The van der Waals surface area contributed by atoms with E-state index in [0.717, 1.165) is 52.7 Å². The van der Waals surface area contributed by atoms with E-state index >= 15 is 0 Å². The highest BCUT2D eigenvalue weighted by Gasteiger charge is 2.21. The number of hydrogen-bond donors (Lipinski definition) is 0. The molecule has 28 heavy (non-hydrogen) atoms. The van der Waals surface area contributed by atoms with Crippen LogP contribution in [0.5, 0.6) is 5.75 Å². The third-order valence-electron chi connectivity index (χ3n) is 4.89. The number of ether oxygens (including phenoxy) is 2. The van der Waals surface area contributed by atoms with E-state index in [0.29, 0.717) is 23.5 Å². The van der Waals surface area contributed by atoms with Crippen molar-refractivity contribution >= 4 is 16.5 Å². The Kier molecular flexibility index (Phi) is 6.08. The molecule has 1 aliphatic carbocycles. The number of hydrogen-bond acceptors (Lipinski definition) is 4. The number of allylic oxidation sites excluding steroid dienone is 4. The first-order valence-corrected chi connectivity index (χ1v) is 9.84. The summed E-state index contributed by atoms with van der Waals surface area (Å²) in [5, 5.41) is 0.918. The molecule has 0 saturated heterocycles. The Morgan fingerprint density at radius 2 is 2.00 bits per heavy atom. The highest BCUT2D eigenvalue weighted by Crippen LogP contribution is 2.37. The molecular weight excluding hydrogens is 352 g/mol. The lowest BCUT2D eigenvalue weighted by Crippen LogP contribution is -2.10. The van der Waals surface area contributed by atoms with Gasteiger partial charge in [0, 0.05) is 27.6 Å². The zero-order valence-corrected chi connectivity index (χ0v) is 17.3. The van der Waals surface area contributed by atoms with Crippen LogP contribution in [0.1, 0.15) is 56.7 Å². The normalized spacial score (nSPS) is 14.2. The number of aryl methyl sites for hydroxylation is 1. The second kappa shape index (κ2) is 8.51. The van der Waals surface area contributed by atoms with E-state index in [-0.39, 0.29) is 5.63 Å². The molecule has 1 aromatic carbocycles. The molecule has 0 spiro atoms. The Labute approximate surface area is 166 Å². The van der Waals surface area contributed by atoms with Gasteiger partial charge >= 0.3 is 5.63 Å². The van der Waals surface area contributed by atoms with Crippen molar-refractivity contribution in [3.05, 3.63) is 69.0 Å². The van der Waals surface area contributed by atoms with Gasteiger partial charge in [-0.05, 0) is 77.7 Å². The fourth-order valence-corrected chi connectivity index (χ4v) is 3.52. The van der Waals surface area contributed by atoms with Gasteiger partial charge in [0.25, 0.3) is 0 Å². The first-order valence-electron chi connectivity index (χ1n) is 9.84. The Morgan fingerprint density at radius 1 is 1.21 bits per heavy atom. The molecule has 4 nitrogen and oxygen atoms in total. The van der Waals surface area contributed by atoms with E-state index in [1.807, 2.05) is 52.8 Å². The summed E-state index contributed by atoms with van der Waals surface area (Å²) >= 11 is 0. The van der Waals surface area contributed by atoms with Crippen molar-refractivity contribution in [2.75, 3.05) is 6.61 Å². The van der Waals surface area contributed by atoms with Crippen LogP contribution < -0.4 is 10.4 Å². The third kappa shape index (κ3) is 3.91. The number of rotatable bonds is 5. The molecular formula is C24H28O4. The molecule has 1 aromatic heterocycles. The largest absolute Gasteiger partial charge is 0.494 e. The molecule has 148 valence electrons. The van der Waals surface area contributed by atoms with Crippen LogP contribution in [0.3, 0.4) is 0 Å². The fraction of sp³-hybridized carbons (Fsp3) is 0.375. The minimum atomic E-state index is -0.318. The Bertz CT molecular complexity index is 1030. The summed E-state index contributed by atoms with van der Waals surface area (Å²) in [5.41, 5.74) is 4.75. The summed E-state index contributed by atoms with van der Waals surface area (Å²) in [6.45, 7) is 10.3. The Balaban J connectivity index is 2.29. The van der Waals surface area contributed by atoms with Crippen LogP contribution in [0.25, 0.3) is 16.5 Å². The highest BCUT2D eigenvalue weighted by atomic mass is 16.5. The van der Waals surface area contributed by atoms with Gasteiger partial charge in [-0.25, -0.2) is 4.79 Å². The van der Waals surface area contributed by atoms with Gasteiger partial charge in [-0.1, -0.05) is 6.08 Å². The molecule has 0 fully saturated rings. The molecule has 0 amide bonds. The first-order chi connectivity index (χ1) is 13.4. The molecule has 0 N–H and O–H groups in total. The van der Waals surface area contributed by atoms with Crippen molar-refractivity contribution in [1.29, 1.82) is 0 Å². The molecule has 1 heterocycles. The predicted octanol–water partition coefficient (Wildman–Crippen LogP) is 6.20. The first kappa shape index (κ1) is 20.0. The molecule has 0 saturated carbocycles. The topological polar surface area (TPSA) is 48.7 Å². The minimum Gasteiger partial charge on any atom is -0.494 e. The Morgan fingerprint density at radius 3 is 2.71 bits per heavy atom. The smallest absolute Gasteiger partial charge is 0.339 e. The molecule has 3 rings (SSSR count). The summed E-state index contributed by atoms with van der Waals surface area (Å²) in [7, 11) is 0. The van der Waals surface area contributed by atoms with Crippen molar-refractivity contribution < 1.29 is 13.9 Å². The average molecular weight is 380 g/mol. The molecule has 0 atom stereocenters. The summed E-state index contributed by atoms with van der Waals surface area (Å²) in [6.07, 6.45) is 8.74. The second-order valence-electron chi connectivity index (χ2n) is 7.34. The van der Waals surface area contributed by atoms with E-state index < -0.39 is 0 Å². The summed E-state index contributed by atoms with van der Waals surface area (Å²) in [6, 6.07) is 3.92. The van der Waals surface area contributed by atoms with Gasteiger partial charge in [0.05, 0.1) is 12.9 Å². The summed E-state index contributed by atoms with van der Waals surface area (Å²) < 4.78 is 17.4. The van der Waals surface area contributed by atoms with Crippen LogP contribution >= 0.6 is 0 Å². The fourth-order valence-electron chi connectivity index (χ4n) is 3.52.